The quantitative estimate of drug-likeness (QED) is 0.496. The highest BCUT2D eigenvalue weighted by molar-refractivity contribution is 6.14. The molecule has 0 radical (unpaired) electrons. The molecule has 1 atom stereocenters. The Bertz CT molecular complexity index is 1380. The van der Waals surface area contributed by atoms with Gasteiger partial charge in [-0.2, -0.15) is 13.2 Å². The van der Waals surface area contributed by atoms with E-state index in [9.17, 15) is 18.8 Å². The number of ether oxygens (including phenoxy) is 3. The number of amides is 2. The second-order valence-electron chi connectivity index (χ2n) is 10.4. The number of ketones is 1. The molecule has 4 rings (SSSR count). The molecule has 1 heterocycles. The minimum absolute atomic E-state index is 0.000796. The molecule has 8 nitrogen and oxygen atoms in total. The Balaban J connectivity index is 1.87. The maximum absolute atomic E-state index is 15.1. The predicted octanol–water partition coefficient (Wildman–Crippen LogP) is 4.57. The fourth-order valence-electron chi connectivity index (χ4n) is 5.22. The van der Waals surface area contributed by atoms with Crippen molar-refractivity contribution in [2.24, 2.45) is 5.41 Å². The van der Waals surface area contributed by atoms with Crippen molar-refractivity contribution in [2.75, 3.05) is 21.3 Å². The summed E-state index contributed by atoms with van der Waals surface area (Å²) in [6.45, 7) is 3.05. The highest BCUT2D eigenvalue weighted by Crippen LogP contribution is 2.52. The van der Waals surface area contributed by atoms with Gasteiger partial charge < -0.3 is 24.4 Å². The molecule has 0 bridgehead atoms. The van der Waals surface area contributed by atoms with Crippen LogP contribution < -0.4 is 19.5 Å². The zero-order chi connectivity index (χ0) is 29.6. The zero-order valence-corrected chi connectivity index (χ0v) is 22.5. The van der Waals surface area contributed by atoms with Crippen molar-refractivity contribution in [3.05, 3.63) is 64.6 Å². The number of alkyl halides is 3. The van der Waals surface area contributed by atoms with Gasteiger partial charge in [-0.15, -0.1) is 0 Å². The Hall–Kier alpha value is -4.09. The number of nitrogens with zero attached hydrogens (tertiary/aromatic N) is 1. The number of hydrogen-bond acceptors (Lipinski definition) is 6. The van der Waals surface area contributed by atoms with Crippen LogP contribution in [-0.4, -0.2) is 55.5 Å². The van der Waals surface area contributed by atoms with E-state index in [2.05, 4.69) is 0 Å². The lowest BCUT2D eigenvalue weighted by Crippen LogP contribution is -2.66. The van der Waals surface area contributed by atoms with Gasteiger partial charge in [0.2, 0.25) is 11.3 Å². The molecule has 0 fully saturated rings. The van der Waals surface area contributed by atoms with Gasteiger partial charge in [0.05, 0.1) is 33.4 Å². The van der Waals surface area contributed by atoms with E-state index < -0.39 is 46.1 Å². The number of carbonyl (C=O) groups is 3. The summed E-state index contributed by atoms with van der Waals surface area (Å²) < 4.78 is 74.3. The van der Waals surface area contributed by atoms with Crippen LogP contribution in [0.2, 0.25) is 0 Å². The molecular weight excluding hydrogens is 536 g/mol. The summed E-state index contributed by atoms with van der Waals surface area (Å²) in [6, 6.07) is 7.17. The summed E-state index contributed by atoms with van der Waals surface area (Å²) in [5, 5.41) is 1.87. The molecule has 40 heavy (non-hydrogen) atoms. The minimum atomic E-state index is -5.39. The van der Waals surface area contributed by atoms with Crippen molar-refractivity contribution in [3.63, 3.8) is 0 Å². The lowest BCUT2D eigenvalue weighted by Gasteiger charge is -2.35. The van der Waals surface area contributed by atoms with Gasteiger partial charge in [-0.25, -0.2) is 4.39 Å². The average Bonchev–Trinajstić information content (AvgIpc) is 3.11. The van der Waals surface area contributed by atoms with E-state index in [-0.39, 0.29) is 47.9 Å². The van der Waals surface area contributed by atoms with Gasteiger partial charge in [0.1, 0.15) is 5.82 Å². The third kappa shape index (κ3) is 4.75. The number of halogens is 4. The van der Waals surface area contributed by atoms with Crippen molar-refractivity contribution in [1.29, 1.82) is 0 Å². The van der Waals surface area contributed by atoms with Crippen LogP contribution in [0.25, 0.3) is 0 Å². The van der Waals surface area contributed by atoms with Crippen LogP contribution in [0.15, 0.2) is 47.7 Å². The lowest BCUT2D eigenvalue weighted by molar-refractivity contribution is -0.190. The smallest absolute Gasteiger partial charge is 0.425 e. The van der Waals surface area contributed by atoms with Crippen molar-refractivity contribution in [2.45, 2.75) is 44.9 Å². The fraction of sp³-hybridized carbons (Fsp3) is 0.393. The molecule has 0 saturated heterocycles. The highest BCUT2D eigenvalue weighted by Gasteiger charge is 2.71. The second kappa shape index (κ2) is 10.1. The number of benzene rings is 2. The molecule has 2 amide bonds. The summed E-state index contributed by atoms with van der Waals surface area (Å²) in [4.78, 5) is 41.5. The Morgan fingerprint density at radius 1 is 0.975 bits per heavy atom. The normalized spacial score (nSPS) is 20.4. The van der Waals surface area contributed by atoms with Crippen molar-refractivity contribution >= 4 is 17.6 Å². The first-order chi connectivity index (χ1) is 18.7. The summed E-state index contributed by atoms with van der Waals surface area (Å²) in [5.41, 5.74) is -5.32. The first kappa shape index (κ1) is 28.9. The number of allylic oxidation sites excluding steroid dienone is 1. The van der Waals surface area contributed by atoms with E-state index in [0.717, 1.165) is 29.2 Å². The number of methoxy groups -OCH3 is 3. The first-order valence-electron chi connectivity index (χ1n) is 12.2. The molecule has 0 spiro atoms. The van der Waals surface area contributed by atoms with E-state index in [1.54, 1.807) is 13.8 Å². The molecule has 214 valence electrons. The van der Waals surface area contributed by atoms with E-state index in [1.165, 1.54) is 33.5 Å². The van der Waals surface area contributed by atoms with Gasteiger partial charge in [-0.05, 0) is 41.7 Å². The van der Waals surface area contributed by atoms with Crippen LogP contribution in [0.3, 0.4) is 0 Å². The number of nitrogens with one attached hydrogen (secondary N) is 1. The van der Waals surface area contributed by atoms with Gasteiger partial charge >= 0.3 is 6.18 Å². The van der Waals surface area contributed by atoms with Gasteiger partial charge in [-0.3, -0.25) is 14.4 Å². The van der Waals surface area contributed by atoms with Crippen LogP contribution in [-0.2, 0) is 16.1 Å². The first-order valence-corrected chi connectivity index (χ1v) is 12.2. The number of rotatable bonds is 7. The van der Waals surface area contributed by atoms with Crippen LogP contribution in [0, 0.1) is 11.2 Å². The molecule has 2 aromatic rings. The van der Waals surface area contributed by atoms with E-state index in [1.807, 2.05) is 5.32 Å². The third-order valence-corrected chi connectivity index (χ3v) is 7.03. The average molecular weight is 565 g/mol. The molecule has 0 unspecified atom stereocenters. The molecule has 1 N–H and O–H groups in total. The minimum Gasteiger partial charge on any atom is -0.493 e. The van der Waals surface area contributed by atoms with Gasteiger partial charge in [0.15, 0.2) is 17.3 Å². The topological polar surface area (TPSA) is 94.2 Å². The van der Waals surface area contributed by atoms with Gasteiger partial charge in [0.25, 0.3) is 11.8 Å². The van der Waals surface area contributed by atoms with Gasteiger partial charge in [0, 0.05) is 17.7 Å². The Morgan fingerprint density at radius 2 is 1.55 bits per heavy atom. The Labute approximate surface area is 227 Å². The molecular formula is C28H28F4N2O6. The maximum Gasteiger partial charge on any atom is 0.425 e. The molecule has 1 aliphatic heterocycles. The summed E-state index contributed by atoms with van der Waals surface area (Å²) >= 11 is 0. The van der Waals surface area contributed by atoms with Crippen LogP contribution in [0.5, 0.6) is 17.2 Å². The van der Waals surface area contributed by atoms with E-state index in [0.29, 0.717) is 5.56 Å². The van der Waals surface area contributed by atoms with E-state index in [4.69, 9.17) is 14.2 Å². The monoisotopic (exact) mass is 564 g/mol. The zero-order valence-electron chi connectivity index (χ0n) is 22.5. The second-order valence-corrected chi connectivity index (χ2v) is 10.4. The molecule has 2 aromatic carbocycles. The molecule has 0 aromatic heterocycles. The van der Waals surface area contributed by atoms with Crippen molar-refractivity contribution < 1.29 is 46.2 Å². The Kier molecular flexibility index (Phi) is 7.33. The number of Topliss-reactive ketones (excluding diaryl/α,β-unsaturated/α-hetero) is 1. The molecule has 1 aliphatic carbocycles. The van der Waals surface area contributed by atoms with Crippen LogP contribution in [0.4, 0.5) is 17.6 Å². The predicted molar refractivity (Wildman–Crippen MR) is 134 cm³/mol. The largest absolute Gasteiger partial charge is 0.493 e. The molecule has 2 aliphatic rings. The standard InChI is InChI=1S/C28H28F4N2O6/c1-26(2)12-18-22(19(35)13-26)27(28(30,31)32,25(37)34(18)14-15-6-8-17(29)9-7-15)33-24(36)16-10-20(38-3)23(40-5)21(11-16)39-4/h6-11H,12-14H2,1-5H3,(H,33,36)/t27-/m1/s1. The lowest BCUT2D eigenvalue weighted by atomic mass is 9.72. The fourth-order valence-corrected chi connectivity index (χ4v) is 5.22. The Morgan fingerprint density at radius 3 is 2.05 bits per heavy atom. The van der Waals surface area contributed by atoms with Crippen LogP contribution in [0.1, 0.15) is 42.6 Å². The number of carbonyl (C=O) groups excluding carboxylic acids is 3. The maximum atomic E-state index is 15.1. The highest BCUT2D eigenvalue weighted by atomic mass is 19.4. The van der Waals surface area contributed by atoms with Crippen molar-refractivity contribution in [1.82, 2.24) is 10.2 Å². The summed E-state index contributed by atoms with van der Waals surface area (Å²) in [7, 11) is 3.85. The van der Waals surface area contributed by atoms with E-state index >= 15 is 13.2 Å². The molecule has 0 saturated carbocycles. The third-order valence-electron chi connectivity index (χ3n) is 7.03. The van der Waals surface area contributed by atoms with Crippen LogP contribution >= 0.6 is 0 Å². The van der Waals surface area contributed by atoms with Gasteiger partial charge in [-0.1, -0.05) is 26.0 Å². The SMILES string of the molecule is COc1cc(C(=O)N[C@@]2(C(F)(F)F)C(=O)N(Cc3ccc(F)cc3)C3=C2C(=O)CC(C)(C)C3)cc(OC)c1OC. The summed E-state index contributed by atoms with van der Waals surface area (Å²) in [6.07, 6.45) is -5.68. The molecule has 12 heteroatoms. The van der Waals surface area contributed by atoms with Crippen molar-refractivity contribution in [3.8, 4) is 17.2 Å². The summed E-state index contributed by atoms with van der Waals surface area (Å²) in [5.74, 6) is -4.18. The number of hydrogen-bond donors (Lipinski definition) is 1.